The molecule has 0 unspecified atom stereocenters. The van der Waals surface area contributed by atoms with Gasteiger partial charge in [0.1, 0.15) is 6.07 Å². The molecular formula is C46H27N5. The second-order valence-electron chi connectivity index (χ2n) is 12.7. The molecule has 0 saturated carbocycles. The number of rotatable bonds is 4. The minimum atomic E-state index is 0.454. The average Bonchev–Trinajstić information content (AvgIpc) is 3.70. The number of benzene rings is 7. The van der Waals surface area contributed by atoms with E-state index < -0.39 is 0 Å². The zero-order valence-corrected chi connectivity index (χ0v) is 27.6. The van der Waals surface area contributed by atoms with Crippen LogP contribution in [0.3, 0.4) is 0 Å². The van der Waals surface area contributed by atoms with Gasteiger partial charge in [-0.3, -0.25) is 0 Å². The topological polar surface area (TPSA) is 81.2 Å². The molecule has 236 valence electrons. The molecule has 0 atom stereocenters. The molecule has 0 N–H and O–H groups in total. The Kier molecular flexibility index (Phi) is 6.78. The van der Waals surface area contributed by atoms with Crippen LogP contribution >= 0.6 is 0 Å². The van der Waals surface area contributed by atoms with E-state index in [1.165, 1.54) is 10.8 Å². The summed E-state index contributed by atoms with van der Waals surface area (Å²) in [7, 11) is 0. The third kappa shape index (κ3) is 4.45. The van der Waals surface area contributed by atoms with Crippen LogP contribution in [0.25, 0.3) is 77.2 Å². The van der Waals surface area contributed by atoms with E-state index in [0.717, 1.165) is 66.5 Å². The van der Waals surface area contributed by atoms with Crippen LogP contribution in [0.1, 0.15) is 22.3 Å². The van der Waals surface area contributed by atoms with Crippen molar-refractivity contribution < 1.29 is 0 Å². The minimum absolute atomic E-state index is 0.454. The van der Waals surface area contributed by atoms with E-state index in [-0.39, 0.29) is 0 Å². The van der Waals surface area contributed by atoms with Crippen molar-refractivity contribution in [2.24, 2.45) is 0 Å². The first kappa shape index (κ1) is 29.7. The summed E-state index contributed by atoms with van der Waals surface area (Å²) in [5.41, 5.74) is 11.5. The van der Waals surface area contributed by atoms with E-state index in [2.05, 4.69) is 106 Å². The maximum atomic E-state index is 10.9. The number of aryl methyl sites for hydroxylation is 1. The molecule has 0 radical (unpaired) electrons. The fourth-order valence-corrected chi connectivity index (χ4v) is 7.82. The number of nitrogens with zero attached hydrogens (tertiary/aromatic N) is 5. The van der Waals surface area contributed by atoms with Crippen LogP contribution in [0, 0.1) is 40.9 Å². The van der Waals surface area contributed by atoms with Crippen molar-refractivity contribution in [2.75, 3.05) is 0 Å². The Labute approximate surface area is 294 Å². The van der Waals surface area contributed by atoms with Gasteiger partial charge in [0.2, 0.25) is 0 Å². The van der Waals surface area contributed by atoms with E-state index in [1.54, 1.807) is 0 Å². The first-order valence-electron chi connectivity index (χ1n) is 16.7. The second-order valence-corrected chi connectivity index (χ2v) is 12.7. The van der Waals surface area contributed by atoms with E-state index in [4.69, 9.17) is 0 Å². The summed E-state index contributed by atoms with van der Waals surface area (Å²) in [4.78, 5) is 0. The van der Waals surface area contributed by atoms with E-state index in [0.29, 0.717) is 22.3 Å². The van der Waals surface area contributed by atoms with Crippen LogP contribution in [-0.2, 0) is 0 Å². The van der Waals surface area contributed by atoms with Gasteiger partial charge in [-0.25, -0.2) is 0 Å². The van der Waals surface area contributed by atoms with E-state index >= 15 is 0 Å². The highest BCUT2D eigenvalue weighted by molar-refractivity contribution is 6.11. The summed E-state index contributed by atoms with van der Waals surface area (Å²) in [5, 5.41) is 35.4. The van der Waals surface area contributed by atoms with Gasteiger partial charge in [-0.1, -0.05) is 84.9 Å². The largest absolute Gasteiger partial charge is 0.309 e. The lowest BCUT2D eigenvalue weighted by Crippen LogP contribution is -2.02. The summed E-state index contributed by atoms with van der Waals surface area (Å²) in [6.07, 6.45) is 0. The third-order valence-electron chi connectivity index (χ3n) is 9.97. The maximum absolute atomic E-state index is 10.9. The second kappa shape index (κ2) is 11.6. The molecule has 0 aliphatic rings. The number of hydrogen-bond acceptors (Lipinski definition) is 3. The van der Waals surface area contributed by atoms with Gasteiger partial charge in [0.15, 0.2) is 0 Å². The molecule has 0 saturated heterocycles. The van der Waals surface area contributed by atoms with Crippen molar-refractivity contribution in [3.05, 3.63) is 168 Å². The average molecular weight is 650 g/mol. The predicted octanol–water partition coefficient (Wildman–Crippen LogP) is 11.1. The molecular weight excluding hydrogens is 623 g/mol. The van der Waals surface area contributed by atoms with Crippen molar-refractivity contribution in [3.8, 4) is 51.8 Å². The highest BCUT2D eigenvalue weighted by Crippen LogP contribution is 2.42. The summed E-state index contributed by atoms with van der Waals surface area (Å²) >= 11 is 0. The minimum Gasteiger partial charge on any atom is -0.309 e. The number of nitriles is 3. The van der Waals surface area contributed by atoms with Gasteiger partial charge in [0, 0.05) is 43.9 Å². The van der Waals surface area contributed by atoms with Gasteiger partial charge in [0.25, 0.3) is 0 Å². The molecule has 0 amide bonds. The molecule has 7 aromatic carbocycles. The fraction of sp³-hybridized carbons (Fsp3) is 0.0217. The molecule has 2 heterocycles. The van der Waals surface area contributed by atoms with Gasteiger partial charge < -0.3 is 9.13 Å². The standard InChI is InChI=1S/C46H27N5/c1-29-24-32(27-48)46(31-19-21-33(22-20-31)50-40-14-6-2-10-34(40)35-11-3-7-15-41(35)50)39(28-49)45(29)37-13-5-9-17-43(37)51-42-16-8-4-12-36(42)38-25-30(26-47)18-23-44(38)51/h2-25H,1H3. The van der Waals surface area contributed by atoms with E-state index in [1.807, 2.05) is 73.7 Å². The van der Waals surface area contributed by atoms with Gasteiger partial charge in [-0.15, -0.1) is 0 Å². The molecule has 2 aromatic heterocycles. The number of fused-ring (bicyclic) bond motifs is 6. The Morgan fingerprint density at radius 1 is 0.471 bits per heavy atom. The molecule has 0 fully saturated rings. The Bertz CT molecular complexity index is 2960. The molecule has 9 aromatic rings. The number of hydrogen-bond donors (Lipinski definition) is 0. The Balaban J connectivity index is 1.26. The van der Waals surface area contributed by atoms with Crippen molar-refractivity contribution >= 4 is 43.6 Å². The molecule has 0 aliphatic heterocycles. The quantitative estimate of drug-likeness (QED) is 0.190. The zero-order chi connectivity index (χ0) is 34.6. The number of aromatic nitrogens is 2. The summed E-state index contributed by atoms with van der Waals surface area (Å²) < 4.78 is 4.47. The van der Waals surface area contributed by atoms with Crippen molar-refractivity contribution in [1.82, 2.24) is 9.13 Å². The maximum Gasteiger partial charge on any atom is 0.100 e. The highest BCUT2D eigenvalue weighted by Gasteiger charge is 2.23. The van der Waals surface area contributed by atoms with Crippen molar-refractivity contribution in [3.63, 3.8) is 0 Å². The lowest BCUT2D eigenvalue weighted by Gasteiger charge is -2.19. The number of para-hydroxylation sites is 4. The Hall–Kier alpha value is -7.39. The summed E-state index contributed by atoms with van der Waals surface area (Å²) in [5.74, 6) is 0. The highest BCUT2D eigenvalue weighted by atomic mass is 15.0. The van der Waals surface area contributed by atoms with E-state index in [9.17, 15) is 15.8 Å². The first-order valence-corrected chi connectivity index (χ1v) is 16.7. The molecule has 0 bridgehead atoms. The van der Waals surface area contributed by atoms with Crippen LogP contribution in [0.15, 0.2) is 146 Å². The Morgan fingerprint density at radius 2 is 1.04 bits per heavy atom. The Morgan fingerprint density at radius 3 is 1.67 bits per heavy atom. The third-order valence-corrected chi connectivity index (χ3v) is 9.97. The van der Waals surface area contributed by atoms with Crippen LogP contribution in [-0.4, -0.2) is 9.13 Å². The van der Waals surface area contributed by atoms with Crippen LogP contribution in [0.5, 0.6) is 0 Å². The monoisotopic (exact) mass is 649 g/mol. The van der Waals surface area contributed by atoms with Gasteiger partial charge in [-0.2, -0.15) is 15.8 Å². The van der Waals surface area contributed by atoms with Crippen molar-refractivity contribution in [1.29, 1.82) is 15.8 Å². The van der Waals surface area contributed by atoms with Crippen molar-refractivity contribution in [2.45, 2.75) is 6.92 Å². The lowest BCUT2D eigenvalue weighted by atomic mass is 9.85. The van der Waals surface area contributed by atoms with Crippen LogP contribution < -0.4 is 0 Å². The van der Waals surface area contributed by atoms with Gasteiger partial charge in [-0.05, 0) is 78.7 Å². The molecule has 9 rings (SSSR count). The molecule has 0 aliphatic carbocycles. The molecule has 5 nitrogen and oxygen atoms in total. The smallest absolute Gasteiger partial charge is 0.100 e. The van der Waals surface area contributed by atoms with Crippen LogP contribution in [0.4, 0.5) is 0 Å². The lowest BCUT2D eigenvalue weighted by molar-refractivity contribution is 1.18. The molecule has 5 heteroatoms. The normalized spacial score (nSPS) is 11.2. The van der Waals surface area contributed by atoms with Gasteiger partial charge >= 0.3 is 0 Å². The SMILES string of the molecule is Cc1cc(C#N)c(-c2ccc(-n3c4ccccc4c4ccccc43)cc2)c(C#N)c1-c1ccccc1-n1c2ccccc2c2cc(C#N)ccc21. The van der Waals surface area contributed by atoms with Gasteiger partial charge in [0.05, 0.1) is 56.6 Å². The molecule has 51 heavy (non-hydrogen) atoms. The molecule has 0 spiro atoms. The zero-order valence-electron chi connectivity index (χ0n) is 27.6. The first-order chi connectivity index (χ1) is 25.1. The fourth-order valence-electron chi connectivity index (χ4n) is 7.82. The summed E-state index contributed by atoms with van der Waals surface area (Å²) in [6, 6.07) is 56.1. The van der Waals surface area contributed by atoms with Crippen LogP contribution in [0.2, 0.25) is 0 Å². The predicted molar refractivity (Wildman–Crippen MR) is 205 cm³/mol. The summed E-state index contributed by atoms with van der Waals surface area (Å²) in [6.45, 7) is 1.97.